The zero-order valence-corrected chi connectivity index (χ0v) is 32.3. The van der Waals surface area contributed by atoms with Gasteiger partial charge in [0.1, 0.15) is 22.3 Å². The molecule has 1 aliphatic rings. The molecule has 2 heteroatoms. The molecule has 10 aromatic rings. The molecule has 2 aromatic heterocycles. The van der Waals surface area contributed by atoms with E-state index in [9.17, 15) is 0 Å². The number of benzene rings is 8. The summed E-state index contributed by atoms with van der Waals surface area (Å²) in [5, 5.41) is 7.30. The standard InChI is InChI=1S/C56H42O2/c1-3-12-39(13-4-1)40-27-22-37(23-28-40)24-31-44(45-19-11-21-52-55(45)48-18-9-10-20-51(48)57-52)34-38-25-29-41(30-26-38)43-32-33-49-53(35-43)58-54-36-50(42-14-5-2-6-15-42)46-16-7-8-17-47(46)56(49)54/h1-23,25,27-29,32-33,35-36,44H,24,26,30-31,34H2. The minimum atomic E-state index is 0.349. The molecule has 2 nitrogen and oxygen atoms in total. The van der Waals surface area contributed by atoms with Crippen molar-refractivity contribution in [3.63, 3.8) is 0 Å². The van der Waals surface area contributed by atoms with Crippen molar-refractivity contribution in [3.05, 3.63) is 210 Å². The van der Waals surface area contributed by atoms with Crippen LogP contribution in [0, 0.1) is 0 Å². The van der Waals surface area contributed by atoms with Crippen LogP contribution in [0.4, 0.5) is 0 Å². The van der Waals surface area contributed by atoms with Gasteiger partial charge in [-0.05, 0) is 124 Å². The van der Waals surface area contributed by atoms with E-state index in [0.29, 0.717) is 5.92 Å². The normalized spacial score (nSPS) is 13.7. The molecule has 0 bridgehead atoms. The molecule has 0 saturated carbocycles. The molecule has 0 fully saturated rings. The predicted octanol–water partition coefficient (Wildman–Crippen LogP) is 15.9. The summed E-state index contributed by atoms with van der Waals surface area (Å²) < 4.78 is 13.1. The Kier molecular flexibility index (Phi) is 8.62. The van der Waals surface area contributed by atoms with Gasteiger partial charge in [0, 0.05) is 21.5 Å². The first-order chi connectivity index (χ1) is 28.7. The average Bonchev–Trinajstić information content (AvgIpc) is 3.87. The molecule has 11 rings (SSSR count). The van der Waals surface area contributed by atoms with E-state index in [1.807, 2.05) is 0 Å². The van der Waals surface area contributed by atoms with Gasteiger partial charge in [-0.15, -0.1) is 0 Å². The van der Waals surface area contributed by atoms with Crippen LogP contribution in [0.5, 0.6) is 0 Å². The van der Waals surface area contributed by atoms with E-state index < -0.39 is 0 Å². The molecular formula is C56H42O2. The van der Waals surface area contributed by atoms with Crippen molar-refractivity contribution in [2.24, 2.45) is 0 Å². The number of rotatable bonds is 9. The SMILES string of the molecule is C1=C(CC(CCc2ccc(-c3ccccc3)cc2)c2cccc3oc4ccccc4c23)CCC(c2ccc3c(c2)oc2cc(-c4ccccc4)c4ccccc4c23)=C1. The number of hydrogen-bond donors (Lipinski definition) is 0. The summed E-state index contributed by atoms with van der Waals surface area (Å²) in [6.07, 6.45) is 9.89. The lowest BCUT2D eigenvalue weighted by Gasteiger charge is -2.23. The average molecular weight is 747 g/mol. The van der Waals surface area contributed by atoms with Crippen molar-refractivity contribution in [3.8, 4) is 22.3 Å². The Labute approximate surface area is 338 Å². The van der Waals surface area contributed by atoms with Crippen molar-refractivity contribution >= 4 is 60.2 Å². The molecule has 0 N–H and O–H groups in total. The summed E-state index contributed by atoms with van der Waals surface area (Å²) in [6.45, 7) is 0. The second kappa shape index (κ2) is 14.6. The van der Waals surface area contributed by atoms with Gasteiger partial charge in [0.25, 0.3) is 0 Å². The van der Waals surface area contributed by atoms with Gasteiger partial charge in [0.05, 0.1) is 0 Å². The van der Waals surface area contributed by atoms with Crippen molar-refractivity contribution in [2.45, 2.75) is 38.0 Å². The van der Waals surface area contributed by atoms with Gasteiger partial charge in [-0.2, -0.15) is 0 Å². The summed E-state index contributed by atoms with van der Waals surface area (Å²) in [6, 6.07) is 63.3. The molecule has 1 unspecified atom stereocenters. The number of allylic oxidation sites excluding steroid dienone is 4. The van der Waals surface area contributed by atoms with Crippen LogP contribution in [0.3, 0.4) is 0 Å². The second-order valence-electron chi connectivity index (χ2n) is 15.9. The first kappa shape index (κ1) is 34.4. The fraction of sp³-hybridized carbons (Fsp3) is 0.107. The van der Waals surface area contributed by atoms with Crippen LogP contribution in [0.25, 0.3) is 82.5 Å². The lowest BCUT2D eigenvalue weighted by molar-refractivity contribution is 0.609. The summed E-state index contributed by atoms with van der Waals surface area (Å²) >= 11 is 0. The highest BCUT2D eigenvalue weighted by Gasteiger charge is 2.22. The van der Waals surface area contributed by atoms with E-state index in [2.05, 4.69) is 188 Å². The molecule has 278 valence electrons. The van der Waals surface area contributed by atoms with E-state index in [1.54, 1.807) is 0 Å². The number of para-hydroxylation sites is 1. The molecule has 58 heavy (non-hydrogen) atoms. The van der Waals surface area contributed by atoms with Gasteiger partial charge in [0.15, 0.2) is 0 Å². The van der Waals surface area contributed by atoms with Gasteiger partial charge in [-0.3, -0.25) is 0 Å². The smallest absolute Gasteiger partial charge is 0.136 e. The minimum Gasteiger partial charge on any atom is -0.456 e. The van der Waals surface area contributed by atoms with Gasteiger partial charge >= 0.3 is 0 Å². The highest BCUT2D eigenvalue weighted by atomic mass is 16.3. The highest BCUT2D eigenvalue weighted by Crippen LogP contribution is 2.43. The number of furan rings is 2. The number of hydrogen-bond acceptors (Lipinski definition) is 2. The van der Waals surface area contributed by atoms with E-state index in [1.165, 1.54) is 82.4 Å². The van der Waals surface area contributed by atoms with Crippen molar-refractivity contribution in [1.29, 1.82) is 0 Å². The van der Waals surface area contributed by atoms with Crippen LogP contribution in [0.2, 0.25) is 0 Å². The van der Waals surface area contributed by atoms with Gasteiger partial charge in [-0.25, -0.2) is 0 Å². The van der Waals surface area contributed by atoms with Crippen molar-refractivity contribution in [2.75, 3.05) is 0 Å². The van der Waals surface area contributed by atoms with Crippen LogP contribution < -0.4 is 0 Å². The lowest BCUT2D eigenvalue weighted by atomic mass is 9.82. The van der Waals surface area contributed by atoms with Crippen molar-refractivity contribution in [1.82, 2.24) is 0 Å². The molecule has 0 aliphatic heterocycles. The van der Waals surface area contributed by atoms with E-state index >= 15 is 0 Å². The Balaban J connectivity index is 0.911. The van der Waals surface area contributed by atoms with Crippen molar-refractivity contribution < 1.29 is 8.83 Å². The predicted molar refractivity (Wildman–Crippen MR) is 243 cm³/mol. The Morgan fingerprint density at radius 3 is 1.88 bits per heavy atom. The van der Waals surface area contributed by atoms with Gasteiger partial charge < -0.3 is 8.83 Å². The maximum absolute atomic E-state index is 6.68. The van der Waals surface area contributed by atoms with Gasteiger partial charge in [-0.1, -0.05) is 163 Å². The molecule has 1 atom stereocenters. The van der Waals surface area contributed by atoms with Crippen LogP contribution in [-0.4, -0.2) is 0 Å². The number of aryl methyl sites for hydroxylation is 1. The Morgan fingerprint density at radius 1 is 0.431 bits per heavy atom. The molecule has 1 aliphatic carbocycles. The summed E-state index contributed by atoms with van der Waals surface area (Å²) in [4.78, 5) is 0. The summed E-state index contributed by atoms with van der Waals surface area (Å²) in [5.41, 5.74) is 15.6. The van der Waals surface area contributed by atoms with Crippen LogP contribution in [-0.2, 0) is 6.42 Å². The largest absolute Gasteiger partial charge is 0.456 e. The molecule has 0 amide bonds. The molecule has 8 aromatic carbocycles. The molecular weight excluding hydrogens is 705 g/mol. The van der Waals surface area contributed by atoms with E-state index in [-0.39, 0.29) is 0 Å². The first-order valence-corrected chi connectivity index (χ1v) is 20.6. The van der Waals surface area contributed by atoms with Crippen LogP contribution in [0.1, 0.15) is 48.3 Å². The third-order valence-electron chi connectivity index (χ3n) is 12.4. The fourth-order valence-electron chi connectivity index (χ4n) is 9.45. The Bertz CT molecular complexity index is 3180. The lowest BCUT2D eigenvalue weighted by Crippen LogP contribution is -2.05. The first-order valence-electron chi connectivity index (χ1n) is 20.6. The highest BCUT2D eigenvalue weighted by molar-refractivity contribution is 6.22. The number of fused-ring (bicyclic) bond motifs is 8. The Morgan fingerprint density at radius 2 is 1.09 bits per heavy atom. The monoisotopic (exact) mass is 746 g/mol. The fourth-order valence-corrected chi connectivity index (χ4v) is 9.45. The molecule has 0 saturated heterocycles. The van der Waals surface area contributed by atoms with Crippen LogP contribution in [0.15, 0.2) is 202 Å². The maximum atomic E-state index is 6.68. The van der Waals surface area contributed by atoms with E-state index in [0.717, 1.165) is 54.4 Å². The second-order valence-corrected chi connectivity index (χ2v) is 15.9. The Hall–Kier alpha value is -6.90. The third-order valence-corrected chi connectivity index (χ3v) is 12.4. The molecule has 2 heterocycles. The van der Waals surface area contributed by atoms with Gasteiger partial charge in [0.2, 0.25) is 0 Å². The van der Waals surface area contributed by atoms with E-state index in [4.69, 9.17) is 8.83 Å². The summed E-state index contributed by atoms with van der Waals surface area (Å²) in [7, 11) is 0. The summed E-state index contributed by atoms with van der Waals surface area (Å²) in [5.74, 6) is 0.349. The minimum absolute atomic E-state index is 0.349. The topological polar surface area (TPSA) is 26.3 Å². The zero-order chi connectivity index (χ0) is 38.4. The molecule has 0 spiro atoms. The van der Waals surface area contributed by atoms with Crippen LogP contribution >= 0.6 is 0 Å². The maximum Gasteiger partial charge on any atom is 0.136 e. The molecule has 0 radical (unpaired) electrons. The third kappa shape index (κ3) is 6.22. The zero-order valence-electron chi connectivity index (χ0n) is 32.3. The quantitative estimate of drug-likeness (QED) is 0.147.